The minimum atomic E-state index is 0.321. The first-order chi connectivity index (χ1) is 8.72. The van der Waals surface area contributed by atoms with Crippen molar-refractivity contribution in [2.75, 3.05) is 7.05 Å². The van der Waals surface area contributed by atoms with Crippen molar-refractivity contribution in [2.24, 2.45) is 0 Å². The van der Waals surface area contributed by atoms with Crippen LogP contribution in [0.1, 0.15) is 30.0 Å². The number of nitrogens with one attached hydrogen (secondary N) is 1. The molecular formula is C15H17IN2. The molecule has 0 fully saturated rings. The first-order valence-electron chi connectivity index (χ1n) is 6.05. The van der Waals surface area contributed by atoms with Crippen LogP contribution in [0.5, 0.6) is 0 Å². The van der Waals surface area contributed by atoms with Gasteiger partial charge in [0.05, 0.1) is 0 Å². The van der Waals surface area contributed by atoms with Gasteiger partial charge in [-0.25, -0.2) is 0 Å². The van der Waals surface area contributed by atoms with Crippen molar-refractivity contribution in [3.63, 3.8) is 0 Å². The first kappa shape index (κ1) is 13.5. The van der Waals surface area contributed by atoms with E-state index in [1.54, 1.807) is 0 Å². The van der Waals surface area contributed by atoms with Crippen LogP contribution in [0.4, 0.5) is 0 Å². The smallest absolute Gasteiger partial charge is 0.0384 e. The molecule has 0 spiro atoms. The Kier molecular flexibility index (Phi) is 4.72. The third-order valence-electron chi connectivity index (χ3n) is 3.25. The van der Waals surface area contributed by atoms with Crippen LogP contribution >= 0.6 is 22.6 Å². The summed E-state index contributed by atoms with van der Waals surface area (Å²) in [6, 6.07) is 13.1. The first-order valence-corrected chi connectivity index (χ1v) is 7.13. The average Bonchev–Trinajstić information content (AvgIpc) is 2.40. The van der Waals surface area contributed by atoms with E-state index in [2.05, 4.69) is 76.2 Å². The van der Waals surface area contributed by atoms with Crippen LogP contribution in [-0.2, 0) is 0 Å². The molecule has 2 unspecified atom stereocenters. The molecule has 2 nitrogen and oxygen atoms in total. The molecular weight excluding hydrogens is 335 g/mol. The van der Waals surface area contributed by atoms with Crippen molar-refractivity contribution in [1.82, 2.24) is 10.3 Å². The van der Waals surface area contributed by atoms with Crippen molar-refractivity contribution in [1.29, 1.82) is 0 Å². The van der Waals surface area contributed by atoms with Gasteiger partial charge in [-0.3, -0.25) is 4.98 Å². The molecule has 1 N–H and O–H groups in total. The van der Waals surface area contributed by atoms with E-state index in [0.29, 0.717) is 12.0 Å². The quantitative estimate of drug-likeness (QED) is 0.848. The lowest BCUT2D eigenvalue weighted by Gasteiger charge is -2.24. The van der Waals surface area contributed by atoms with Gasteiger partial charge in [0, 0.05) is 27.9 Å². The minimum absolute atomic E-state index is 0.321. The summed E-state index contributed by atoms with van der Waals surface area (Å²) in [7, 11) is 2.02. The SMILES string of the molecule is CNC(c1cccc(I)c1)C(C)c1ccncc1. The van der Waals surface area contributed by atoms with E-state index in [1.165, 1.54) is 14.7 Å². The number of rotatable bonds is 4. The van der Waals surface area contributed by atoms with Crippen LogP contribution in [0.15, 0.2) is 48.8 Å². The maximum atomic E-state index is 4.08. The molecule has 2 rings (SSSR count). The van der Waals surface area contributed by atoms with E-state index < -0.39 is 0 Å². The maximum absolute atomic E-state index is 4.08. The molecule has 1 aromatic carbocycles. The number of nitrogens with zero attached hydrogens (tertiary/aromatic N) is 1. The Bertz CT molecular complexity index is 499. The zero-order valence-electron chi connectivity index (χ0n) is 10.6. The number of likely N-dealkylation sites (N-methyl/N-ethyl adjacent to an activating group) is 1. The van der Waals surface area contributed by atoms with E-state index in [4.69, 9.17) is 0 Å². The summed E-state index contributed by atoms with van der Waals surface area (Å²) in [5, 5.41) is 3.42. The third kappa shape index (κ3) is 3.09. The molecule has 0 aliphatic rings. The second-order valence-electron chi connectivity index (χ2n) is 4.39. The van der Waals surface area contributed by atoms with E-state index in [0.717, 1.165) is 0 Å². The number of hydrogen-bond donors (Lipinski definition) is 1. The second-order valence-corrected chi connectivity index (χ2v) is 5.64. The summed E-state index contributed by atoms with van der Waals surface area (Å²) in [5.74, 6) is 0.413. The van der Waals surface area contributed by atoms with Crippen molar-refractivity contribution in [2.45, 2.75) is 18.9 Å². The molecule has 0 saturated carbocycles. The Morgan fingerprint density at radius 3 is 2.44 bits per heavy atom. The topological polar surface area (TPSA) is 24.9 Å². The van der Waals surface area contributed by atoms with Crippen molar-refractivity contribution < 1.29 is 0 Å². The Morgan fingerprint density at radius 2 is 1.83 bits per heavy atom. The summed E-state index contributed by atoms with van der Waals surface area (Å²) in [6.07, 6.45) is 3.71. The fourth-order valence-corrected chi connectivity index (χ4v) is 2.83. The Morgan fingerprint density at radius 1 is 1.11 bits per heavy atom. The number of halogens is 1. The molecule has 0 amide bonds. The number of pyridine rings is 1. The molecule has 1 aromatic heterocycles. The predicted octanol–water partition coefficient (Wildman–Crippen LogP) is 3.75. The maximum Gasteiger partial charge on any atom is 0.0384 e. The van der Waals surface area contributed by atoms with Gasteiger partial charge in [-0.1, -0.05) is 19.1 Å². The van der Waals surface area contributed by atoms with Crippen LogP contribution in [0, 0.1) is 3.57 Å². The zero-order chi connectivity index (χ0) is 13.0. The van der Waals surface area contributed by atoms with Gasteiger partial charge in [-0.05, 0) is 65.0 Å². The molecule has 2 atom stereocenters. The van der Waals surface area contributed by atoms with Crippen LogP contribution < -0.4 is 5.32 Å². The normalized spacial score (nSPS) is 14.2. The molecule has 0 saturated heterocycles. The van der Waals surface area contributed by atoms with E-state index in [-0.39, 0.29) is 0 Å². The summed E-state index contributed by atoms with van der Waals surface area (Å²) in [5.41, 5.74) is 2.64. The summed E-state index contributed by atoms with van der Waals surface area (Å²) < 4.78 is 1.27. The second kappa shape index (κ2) is 6.29. The lowest BCUT2D eigenvalue weighted by molar-refractivity contribution is 0.507. The van der Waals surface area contributed by atoms with Gasteiger partial charge in [0.15, 0.2) is 0 Å². The zero-order valence-corrected chi connectivity index (χ0v) is 12.8. The highest BCUT2D eigenvalue weighted by Gasteiger charge is 2.19. The van der Waals surface area contributed by atoms with E-state index >= 15 is 0 Å². The predicted molar refractivity (Wildman–Crippen MR) is 83.6 cm³/mol. The Hall–Kier alpha value is -0.940. The molecule has 1 heterocycles. The van der Waals surface area contributed by atoms with Gasteiger partial charge in [0.2, 0.25) is 0 Å². The van der Waals surface area contributed by atoms with Gasteiger partial charge >= 0.3 is 0 Å². The number of aromatic nitrogens is 1. The molecule has 0 aliphatic carbocycles. The van der Waals surface area contributed by atoms with Crippen LogP contribution in [0.25, 0.3) is 0 Å². The van der Waals surface area contributed by atoms with Gasteiger partial charge in [0.25, 0.3) is 0 Å². The van der Waals surface area contributed by atoms with Gasteiger partial charge in [-0.2, -0.15) is 0 Å². The fraction of sp³-hybridized carbons (Fsp3) is 0.267. The summed E-state index contributed by atoms with van der Waals surface area (Å²) in [4.78, 5) is 4.08. The van der Waals surface area contributed by atoms with Gasteiger partial charge in [0.1, 0.15) is 0 Å². The minimum Gasteiger partial charge on any atom is -0.312 e. The van der Waals surface area contributed by atoms with Crippen molar-refractivity contribution in [3.8, 4) is 0 Å². The monoisotopic (exact) mass is 352 g/mol. The summed E-state index contributed by atoms with van der Waals surface area (Å²) >= 11 is 2.36. The largest absolute Gasteiger partial charge is 0.312 e. The lowest BCUT2D eigenvalue weighted by atomic mass is 9.89. The molecule has 0 bridgehead atoms. The molecule has 18 heavy (non-hydrogen) atoms. The molecule has 2 aromatic rings. The highest BCUT2D eigenvalue weighted by Crippen LogP contribution is 2.30. The molecule has 0 radical (unpaired) electrons. The van der Waals surface area contributed by atoms with Crippen LogP contribution in [0.2, 0.25) is 0 Å². The number of benzene rings is 1. The van der Waals surface area contributed by atoms with Gasteiger partial charge < -0.3 is 5.32 Å². The van der Waals surface area contributed by atoms with E-state index in [1.807, 2.05) is 19.4 Å². The van der Waals surface area contributed by atoms with Gasteiger partial charge in [-0.15, -0.1) is 0 Å². The highest BCUT2D eigenvalue weighted by molar-refractivity contribution is 14.1. The van der Waals surface area contributed by atoms with Crippen LogP contribution in [0.3, 0.4) is 0 Å². The Labute approximate surface area is 122 Å². The highest BCUT2D eigenvalue weighted by atomic mass is 127. The standard InChI is InChI=1S/C15H17IN2/c1-11(12-6-8-18-9-7-12)15(17-2)13-4-3-5-14(16)10-13/h3-11,15,17H,1-2H3. The molecule has 3 heteroatoms. The molecule has 94 valence electrons. The molecule has 0 aliphatic heterocycles. The lowest BCUT2D eigenvalue weighted by Crippen LogP contribution is -2.22. The third-order valence-corrected chi connectivity index (χ3v) is 3.92. The fourth-order valence-electron chi connectivity index (χ4n) is 2.26. The summed E-state index contributed by atoms with van der Waals surface area (Å²) in [6.45, 7) is 2.25. The Balaban J connectivity index is 2.29. The van der Waals surface area contributed by atoms with E-state index in [9.17, 15) is 0 Å². The van der Waals surface area contributed by atoms with Crippen molar-refractivity contribution >= 4 is 22.6 Å². The average molecular weight is 352 g/mol. The number of hydrogen-bond acceptors (Lipinski definition) is 2. The van der Waals surface area contributed by atoms with Crippen molar-refractivity contribution in [3.05, 3.63) is 63.5 Å². The van der Waals surface area contributed by atoms with Crippen LogP contribution in [-0.4, -0.2) is 12.0 Å².